The van der Waals surface area contributed by atoms with Crippen molar-refractivity contribution >= 4 is 17.1 Å². The Kier molecular flexibility index (Phi) is 5.34. The Balaban J connectivity index is 1.72. The zero-order chi connectivity index (χ0) is 20.3. The number of pyridine rings is 1. The molecule has 4 heterocycles. The molecule has 3 aromatic rings. The quantitative estimate of drug-likeness (QED) is 0.650. The van der Waals surface area contributed by atoms with Crippen LogP contribution in [0.4, 0.5) is 0 Å². The van der Waals surface area contributed by atoms with Crippen LogP contribution in [-0.2, 0) is 0 Å². The Hall–Kier alpha value is -3.15. The molecule has 29 heavy (non-hydrogen) atoms. The van der Waals surface area contributed by atoms with Gasteiger partial charge in [-0.1, -0.05) is 0 Å². The molecule has 0 bridgehead atoms. The summed E-state index contributed by atoms with van der Waals surface area (Å²) in [6.45, 7) is 2.44. The minimum absolute atomic E-state index is 0.134. The van der Waals surface area contributed by atoms with E-state index < -0.39 is 5.60 Å². The van der Waals surface area contributed by atoms with Crippen LogP contribution in [0, 0.1) is 11.3 Å². The number of ether oxygens (including phenoxy) is 1. The lowest BCUT2D eigenvalue weighted by atomic mass is 9.84. The van der Waals surface area contributed by atoms with Crippen molar-refractivity contribution in [2.24, 2.45) is 0 Å². The third kappa shape index (κ3) is 3.88. The third-order valence-corrected chi connectivity index (χ3v) is 5.88. The maximum Gasteiger partial charge on any atom is 0.215 e. The molecule has 8 heteroatoms. The van der Waals surface area contributed by atoms with E-state index in [1.54, 1.807) is 36.7 Å². The highest BCUT2D eigenvalue weighted by Crippen LogP contribution is 2.34. The van der Waals surface area contributed by atoms with Crippen molar-refractivity contribution in [2.75, 3.05) is 6.54 Å². The fourth-order valence-corrected chi connectivity index (χ4v) is 4.20. The van der Waals surface area contributed by atoms with Crippen LogP contribution in [0.25, 0.3) is 10.7 Å². The Morgan fingerprint density at radius 2 is 2.14 bits per heavy atom. The van der Waals surface area contributed by atoms with Gasteiger partial charge in [-0.15, -0.1) is 11.3 Å². The number of hydrogen-bond acceptors (Lipinski definition) is 8. The SMILES string of the molecule is C[C@@H]1CC[C@](Oc2cc(C#N)ccn2)(C(=O)c2ccsc2-c2ncccn2)CN1. The van der Waals surface area contributed by atoms with Crippen LogP contribution in [0.5, 0.6) is 5.88 Å². The fourth-order valence-electron chi connectivity index (χ4n) is 3.36. The average molecular weight is 405 g/mol. The van der Waals surface area contributed by atoms with E-state index in [9.17, 15) is 4.79 Å². The van der Waals surface area contributed by atoms with Crippen LogP contribution in [0.2, 0.25) is 0 Å². The summed E-state index contributed by atoms with van der Waals surface area (Å²) >= 11 is 1.43. The van der Waals surface area contributed by atoms with Gasteiger partial charge in [0.05, 0.1) is 16.5 Å². The molecular formula is C21H19N5O2S. The van der Waals surface area contributed by atoms with Gasteiger partial charge in [-0.2, -0.15) is 5.26 Å². The molecule has 7 nitrogen and oxygen atoms in total. The predicted molar refractivity (Wildman–Crippen MR) is 109 cm³/mol. The first-order valence-corrected chi connectivity index (χ1v) is 10.2. The van der Waals surface area contributed by atoms with Crippen molar-refractivity contribution in [3.05, 3.63) is 59.4 Å². The minimum atomic E-state index is -1.11. The number of Topliss-reactive ketones (excluding diaryl/α,β-unsaturated/α-hetero) is 1. The maximum atomic E-state index is 13.7. The first-order valence-electron chi connectivity index (χ1n) is 9.29. The number of aromatic nitrogens is 3. The molecule has 1 N–H and O–H groups in total. The number of nitrogens with zero attached hydrogens (tertiary/aromatic N) is 4. The Labute approximate surface area is 172 Å². The summed E-state index contributed by atoms with van der Waals surface area (Å²) in [5.41, 5.74) is -0.143. The summed E-state index contributed by atoms with van der Waals surface area (Å²) < 4.78 is 6.20. The molecule has 0 aliphatic carbocycles. The molecule has 4 rings (SSSR count). The maximum absolute atomic E-state index is 13.7. The van der Waals surface area contributed by atoms with Gasteiger partial charge in [0.1, 0.15) is 0 Å². The summed E-state index contributed by atoms with van der Waals surface area (Å²) in [7, 11) is 0. The molecule has 1 aliphatic rings. The summed E-state index contributed by atoms with van der Waals surface area (Å²) in [5.74, 6) is 0.647. The highest BCUT2D eigenvalue weighted by molar-refractivity contribution is 7.14. The second-order valence-corrected chi connectivity index (χ2v) is 7.89. The van der Waals surface area contributed by atoms with Crippen LogP contribution in [0.1, 0.15) is 35.7 Å². The van der Waals surface area contributed by atoms with Crippen molar-refractivity contribution < 1.29 is 9.53 Å². The summed E-state index contributed by atoms with van der Waals surface area (Å²) in [5, 5.41) is 14.4. The average Bonchev–Trinajstić information content (AvgIpc) is 3.25. The number of carbonyl (C=O) groups excluding carboxylic acids is 1. The molecule has 146 valence electrons. The zero-order valence-corrected chi connectivity index (χ0v) is 16.6. The molecule has 0 unspecified atom stereocenters. The summed E-state index contributed by atoms with van der Waals surface area (Å²) in [6, 6.07) is 9.06. The predicted octanol–water partition coefficient (Wildman–Crippen LogP) is 3.24. The normalized spacial score (nSPS) is 21.3. The van der Waals surface area contributed by atoms with Gasteiger partial charge in [0, 0.05) is 42.8 Å². The second kappa shape index (κ2) is 8.07. The molecule has 3 aromatic heterocycles. The summed E-state index contributed by atoms with van der Waals surface area (Å²) in [6.07, 6.45) is 6.15. The van der Waals surface area contributed by atoms with Gasteiger partial charge in [-0.25, -0.2) is 15.0 Å². The van der Waals surface area contributed by atoms with Gasteiger partial charge >= 0.3 is 0 Å². The second-order valence-electron chi connectivity index (χ2n) is 6.98. The van der Waals surface area contributed by atoms with Gasteiger partial charge in [0.2, 0.25) is 11.7 Å². The number of carbonyl (C=O) groups is 1. The Morgan fingerprint density at radius 3 is 2.86 bits per heavy atom. The van der Waals surface area contributed by atoms with Gasteiger partial charge in [0.25, 0.3) is 0 Å². The molecule has 0 saturated carbocycles. The molecule has 0 aromatic carbocycles. The molecule has 1 saturated heterocycles. The lowest BCUT2D eigenvalue weighted by Gasteiger charge is -2.38. The van der Waals surface area contributed by atoms with E-state index >= 15 is 0 Å². The highest BCUT2D eigenvalue weighted by atomic mass is 32.1. The first-order chi connectivity index (χ1) is 14.1. The van der Waals surface area contributed by atoms with Crippen molar-refractivity contribution in [1.29, 1.82) is 5.26 Å². The van der Waals surface area contributed by atoms with Crippen molar-refractivity contribution in [3.8, 4) is 22.7 Å². The monoisotopic (exact) mass is 405 g/mol. The molecular weight excluding hydrogens is 386 g/mol. The van der Waals surface area contributed by atoms with Crippen molar-refractivity contribution in [3.63, 3.8) is 0 Å². The lowest BCUT2D eigenvalue weighted by molar-refractivity contribution is 0.0265. The molecule has 0 radical (unpaired) electrons. The number of ketones is 1. The van der Waals surface area contributed by atoms with E-state index in [2.05, 4.69) is 33.3 Å². The van der Waals surface area contributed by atoms with Crippen LogP contribution in [0.15, 0.2) is 48.2 Å². The Bertz CT molecular complexity index is 1050. The number of nitriles is 1. The smallest absolute Gasteiger partial charge is 0.215 e. The molecule has 0 amide bonds. The van der Waals surface area contributed by atoms with Crippen LogP contribution >= 0.6 is 11.3 Å². The lowest BCUT2D eigenvalue weighted by Crippen LogP contribution is -2.58. The van der Waals surface area contributed by atoms with Crippen molar-refractivity contribution in [1.82, 2.24) is 20.3 Å². The van der Waals surface area contributed by atoms with E-state index in [4.69, 9.17) is 10.00 Å². The number of piperidine rings is 1. The highest BCUT2D eigenvalue weighted by Gasteiger charge is 2.45. The standard InChI is InChI=1S/C21H19N5O2S/c1-14-3-6-21(13-26-14,28-17-11-15(12-22)4-9-23-17)19(27)16-5-10-29-18(16)20-24-7-2-8-25-20/h2,4-5,7-11,14,26H,3,6,13H2,1H3/t14-,21-/m1/s1. The van der Waals surface area contributed by atoms with E-state index in [0.29, 0.717) is 29.9 Å². The van der Waals surface area contributed by atoms with E-state index in [1.165, 1.54) is 17.5 Å². The minimum Gasteiger partial charge on any atom is -0.461 e. The number of rotatable bonds is 5. The van der Waals surface area contributed by atoms with Crippen LogP contribution in [-0.4, -0.2) is 38.9 Å². The largest absolute Gasteiger partial charge is 0.461 e. The first kappa shape index (κ1) is 19.2. The summed E-state index contributed by atoms with van der Waals surface area (Å²) in [4.78, 5) is 27.3. The molecule has 2 atom stereocenters. The van der Waals surface area contributed by atoms with Gasteiger partial charge < -0.3 is 10.1 Å². The van der Waals surface area contributed by atoms with E-state index in [-0.39, 0.29) is 17.7 Å². The van der Waals surface area contributed by atoms with Gasteiger partial charge in [-0.05, 0) is 43.3 Å². The van der Waals surface area contributed by atoms with E-state index in [1.807, 2.05) is 5.38 Å². The molecule has 1 aliphatic heterocycles. The van der Waals surface area contributed by atoms with Crippen LogP contribution < -0.4 is 10.1 Å². The third-order valence-electron chi connectivity index (χ3n) is 4.97. The van der Waals surface area contributed by atoms with Gasteiger partial charge in [-0.3, -0.25) is 4.79 Å². The molecule has 1 fully saturated rings. The Morgan fingerprint density at radius 1 is 1.31 bits per heavy atom. The van der Waals surface area contributed by atoms with Gasteiger partial charge in [0.15, 0.2) is 11.4 Å². The molecule has 0 spiro atoms. The number of thiophene rings is 1. The number of nitrogens with one attached hydrogen (secondary N) is 1. The topological polar surface area (TPSA) is 101 Å². The van der Waals surface area contributed by atoms with Crippen molar-refractivity contribution in [2.45, 2.75) is 31.4 Å². The van der Waals surface area contributed by atoms with E-state index in [0.717, 1.165) is 11.3 Å². The van der Waals surface area contributed by atoms with Crippen LogP contribution in [0.3, 0.4) is 0 Å². The zero-order valence-electron chi connectivity index (χ0n) is 15.8. The number of hydrogen-bond donors (Lipinski definition) is 1. The fraction of sp³-hybridized carbons (Fsp3) is 0.286.